The van der Waals surface area contributed by atoms with Crippen molar-refractivity contribution in [2.24, 2.45) is 4.99 Å². The first-order valence-corrected chi connectivity index (χ1v) is 5.11. The van der Waals surface area contributed by atoms with Crippen molar-refractivity contribution in [3.8, 4) is 0 Å². The first-order valence-electron chi connectivity index (χ1n) is 5.11. The van der Waals surface area contributed by atoms with Crippen LogP contribution in [-0.2, 0) is 9.47 Å². The van der Waals surface area contributed by atoms with E-state index in [9.17, 15) is 0 Å². The molecule has 0 saturated carbocycles. The van der Waals surface area contributed by atoms with E-state index in [1.54, 1.807) is 0 Å². The zero-order chi connectivity index (χ0) is 10.7. The Bertz CT molecular complexity index is 357. The van der Waals surface area contributed by atoms with Gasteiger partial charge in [0.15, 0.2) is 0 Å². The highest BCUT2D eigenvalue weighted by atomic mass is 16.6. The van der Waals surface area contributed by atoms with Crippen molar-refractivity contribution in [3.63, 3.8) is 0 Å². The topological polar surface area (TPSA) is 30.8 Å². The van der Waals surface area contributed by atoms with Crippen LogP contribution in [0.1, 0.15) is 11.1 Å². The number of para-hydroxylation sites is 1. The fraction of sp³-hybridized carbons (Fsp3) is 0.417. The minimum absolute atomic E-state index is 0.480. The lowest BCUT2D eigenvalue weighted by molar-refractivity contribution is 0.0718. The molecule has 0 aliphatic carbocycles. The third-order valence-electron chi connectivity index (χ3n) is 2.40. The van der Waals surface area contributed by atoms with E-state index in [-0.39, 0.29) is 0 Å². The van der Waals surface area contributed by atoms with Crippen LogP contribution in [0.3, 0.4) is 0 Å². The lowest BCUT2D eigenvalue weighted by atomic mass is 10.1. The number of hydrogen-bond acceptors (Lipinski definition) is 3. The van der Waals surface area contributed by atoms with Crippen molar-refractivity contribution in [2.45, 2.75) is 13.8 Å². The molecule has 3 nitrogen and oxygen atoms in total. The van der Waals surface area contributed by atoms with Crippen molar-refractivity contribution in [3.05, 3.63) is 29.3 Å². The molecule has 2 rings (SSSR count). The standard InChI is InChI=1S/C12H15NO2/c1-9-4-3-5-10(2)12(9)13-11-8-14-6-7-15-11/h3-5H,6-8H2,1-2H3. The maximum atomic E-state index is 5.42. The van der Waals surface area contributed by atoms with E-state index in [1.165, 1.54) is 0 Å². The van der Waals surface area contributed by atoms with Gasteiger partial charge >= 0.3 is 0 Å². The molecule has 3 heteroatoms. The quantitative estimate of drug-likeness (QED) is 0.704. The second kappa shape index (κ2) is 4.45. The molecule has 0 amide bonds. The molecule has 0 spiro atoms. The van der Waals surface area contributed by atoms with Gasteiger partial charge in [-0.15, -0.1) is 0 Å². The van der Waals surface area contributed by atoms with Gasteiger partial charge in [0.1, 0.15) is 13.2 Å². The van der Waals surface area contributed by atoms with Crippen molar-refractivity contribution >= 4 is 11.6 Å². The average molecular weight is 205 g/mol. The minimum atomic E-state index is 0.480. The third-order valence-corrected chi connectivity index (χ3v) is 2.40. The molecule has 1 saturated heterocycles. The summed E-state index contributed by atoms with van der Waals surface area (Å²) in [5.74, 6) is 0.679. The smallest absolute Gasteiger partial charge is 0.215 e. The molecule has 1 heterocycles. The Morgan fingerprint density at radius 1 is 1.13 bits per heavy atom. The fourth-order valence-corrected chi connectivity index (χ4v) is 1.59. The van der Waals surface area contributed by atoms with E-state index >= 15 is 0 Å². The van der Waals surface area contributed by atoms with E-state index in [1.807, 2.05) is 6.07 Å². The van der Waals surface area contributed by atoms with Gasteiger partial charge in [-0.2, -0.15) is 0 Å². The predicted molar refractivity (Wildman–Crippen MR) is 59.8 cm³/mol. The van der Waals surface area contributed by atoms with Gasteiger partial charge in [0.2, 0.25) is 5.90 Å². The highest BCUT2D eigenvalue weighted by Gasteiger charge is 2.09. The second-order valence-corrected chi connectivity index (χ2v) is 3.65. The molecule has 15 heavy (non-hydrogen) atoms. The molecule has 0 bridgehead atoms. The van der Waals surface area contributed by atoms with Gasteiger partial charge < -0.3 is 9.47 Å². The average Bonchev–Trinajstić information content (AvgIpc) is 2.25. The largest absolute Gasteiger partial charge is 0.477 e. The van der Waals surface area contributed by atoms with Crippen LogP contribution >= 0.6 is 0 Å². The summed E-state index contributed by atoms with van der Waals surface area (Å²) in [5.41, 5.74) is 3.33. The van der Waals surface area contributed by atoms with Gasteiger partial charge in [-0.25, -0.2) is 4.99 Å². The predicted octanol–water partition coefficient (Wildman–Crippen LogP) is 2.38. The Kier molecular flexibility index (Phi) is 3.02. The van der Waals surface area contributed by atoms with E-state index in [4.69, 9.17) is 9.47 Å². The van der Waals surface area contributed by atoms with E-state index < -0.39 is 0 Å². The van der Waals surface area contributed by atoms with Crippen molar-refractivity contribution in [1.82, 2.24) is 0 Å². The number of aryl methyl sites for hydroxylation is 2. The van der Waals surface area contributed by atoms with Gasteiger partial charge in [-0.3, -0.25) is 0 Å². The Morgan fingerprint density at radius 3 is 2.47 bits per heavy atom. The van der Waals surface area contributed by atoms with Crippen LogP contribution in [0.15, 0.2) is 23.2 Å². The SMILES string of the molecule is Cc1cccc(C)c1N=C1COCCO1. The van der Waals surface area contributed by atoms with E-state index in [0.29, 0.717) is 25.7 Å². The fourth-order valence-electron chi connectivity index (χ4n) is 1.59. The molecule has 1 aromatic carbocycles. The third kappa shape index (κ3) is 2.36. The molecule has 80 valence electrons. The summed E-state index contributed by atoms with van der Waals surface area (Å²) in [5, 5.41) is 0. The number of nitrogens with zero attached hydrogens (tertiary/aromatic N) is 1. The highest BCUT2D eigenvalue weighted by molar-refractivity contribution is 5.81. The number of ether oxygens (including phenoxy) is 2. The second-order valence-electron chi connectivity index (χ2n) is 3.65. The molecule has 1 aliphatic rings. The van der Waals surface area contributed by atoms with Crippen molar-refractivity contribution < 1.29 is 9.47 Å². The van der Waals surface area contributed by atoms with Crippen molar-refractivity contribution in [2.75, 3.05) is 19.8 Å². The molecule has 0 atom stereocenters. The van der Waals surface area contributed by atoms with Gasteiger partial charge in [0.25, 0.3) is 0 Å². The monoisotopic (exact) mass is 205 g/mol. The zero-order valence-corrected chi connectivity index (χ0v) is 9.12. The van der Waals surface area contributed by atoms with E-state index in [2.05, 4.69) is 31.0 Å². The number of rotatable bonds is 1. The van der Waals surface area contributed by atoms with Gasteiger partial charge in [-0.1, -0.05) is 18.2 Å². The first kappa shape index (κ1) is 10.2. The van der Waals surface area contributed by atoms with Crippen LogP contribution in [0.5, 0.6) is 0 Å². The normalized spacial score (nSPS) is 18.9. The van der Waals surface area contributed by atoms with Gasteiger partial charge in [-0.05, 0) is 25.0 Å². The summed E-state index contributed by atoms with van der Waals surface area (Å²) in [4.78, 5) is 4.49. The summed E-state index contributed by atoms with van der Waals surface area (Å²) in [6.07, 6.45) is 0. The Labute approximate surface area is 89.7 Å². The van der Waals surface area contributed by atoms with Gasteiger partial charge in [0.05, 0.1) is 12.3 Å². The Morgan fingerprint density at radius 2 is 1.87 bits per heavy atom. The summed E-state index contributed by atoms with van der Waals surface area (Å²) in [6.45, 7) is 5.84. The molecular formula is C12H15NO2. The van der Waals surface area contributed by atoms with Crippen LogP contribution < -0.4 is 0 Å². The lowest BCUT2D eigenvalue weighted by Crippen LogP contribution is -2.23. The molecule has 1 fully saturated rings. The minimum Gasteiger partial charge on any atom is -0.477 e. The molecular weight excluding hydrogens is 190 g/mol. The summed E-state index contributed by atoms with van der Waals surface area (Å²) in [6, 6.07) is 6.14. The first-order chi connectivity index (χ1) is 7.27. The maximum absolute atomic E-state index is 5.42. The highest BCUT2D eigenvalue weighted by Crippen LogP contribution is 2.23. The van der Waals surface area contributed by atoms with Crippen molar-refractivity contribution in [1.29, 1.82) is 0 Å². The van der Waals surface area contributed by atoms with Crippen LogP contribution in [0.25, 0.3) is 0 Å². The lowest BCUT2D eigenvalue weighted by Gasteiger charge is -2.16. The molecule has 0 aromatic heterocycles. The molecule has 0 unspecified atom stereocenters. The van der Waals surface area contributed by atoms with E-state index in [0.717, 1.165) is 16.8 Å². The number of aliphatic imine (C=N–C) groups is 1. The van der Waals surface area contributed by atoms with Crippen LogP contribution in [0, 0.1) is 13.8 Å². The number of benzene rings is 1. The summed E-state index contributed by atoms with van der Waals surface area (Å²) >= 11 is 0. The summed E-state index contributed by atoms with van der Waals surface area (Å²) < 4.78 is 10.7. The zero-order valence-electron chi connectivity index (χ0n) is 9.12. The Balaban J connectivity index is 2.29. The number of hydrogen-bond donors (Lipinski definition) is 0. The van der Waals surface area contributed by atoms with Crippen LogP contribution in [0.4, 0.5) is 5.69 Å². The van der Waals surface area contributed by atoms with Gasteiger partial charge in [0, 0.05) is 0 Å². The van der Waals surface area contributed by atoms with Crippen LogP contribution in [0.2, 0.25) is 0 Å². The van der Waals surface area contributed by atoms with Crippen LogP contribution in [-0.4, -0.2) is 25.7 Å². The molecule has 0 radical (unpaired) electrons. The molecule has 1 aromatic rings. The molecule has 0 N–H and O–H groups in total. The Hall–Kier alpha value is -1.35. The maximum Gasteiger partial charge on any atom is 0.215 e. The summed E-state index contributed by atoms with van der Waals surface area (Å²) in [7, 11) is 0. The molecule has 1 aliphatic heterocycles.